The first-order valence-corrected chi connectivity index (χ1v) is 2.44. The molecule has 0 aliphatic heterocycles. The minimum atomic E-state index is -4.38. The number of alkyl halides is 3. The topological polar surface area (TPSA) is 57.3 Å². The van der Waals surface area contributed by atoms with E-state index >= 15 is 0 Å². The van der Waals surface area contributed by atoms with Crippen LogP contribution in [-0.2, 0) is 6.18 Å². The van der Waals surface area contributed by atoms with E-state index < -0.39 is 11.9 Å². The second kappa shape index (κ2) is 3.29. The van der Waals surface area contributed by atoms with Gasteiger partial charge in [0.25, 0.3) is 0 Å². The molecule has 0 unspecified atom stereocenters. The van der Waals surface area contributed by atoms with Gasteiger partial charge in [0, 0.05) is 12.4 Å². The molecule has 0 atom stereocenters. The maximum absolute atomic E-state index is 11.7. The van der Waals surface area contributed by atoms with Crippen molar-refractivity contribution in [3.8, 4) is 0 Å². The first-order valence-electron chi connectivity index (χ1n) is 2.44. The van der Waals surface area contributed by atoms with Gasteiger partial charge in [0.2, 0.25) is 0 Å². The van der Waals surface area contributed by atoms with E-state index in [2.05, 4.69) is 9.97 Å². The molecule has 0 aliphatic rings. The van der Waals surface area contributed by atoms with Crippen LogP contribution in [0.4, 0.5) is 13.2 Å². The number of hydrogen-bond acceptors (Lipinski definition) is 2. The van der Waals surface area contributed by atoms with Gasteiger partial charge in [0.1, 0.15) is 0 Å². The van der Waals surface area contributed by atoms with Crippen molar-refractivity contribution in [3.63, 3.8) is 0 Å². The third-order valence-corrected chi connectivity index (χ3v) is 0.854. The van der Waals surface area contributed by atoms with E-state index in [1.165, 1.54) is 6.20 Å². The minimum Gasteiger partial charge on any atom is -0.412 e. The minimum absolute atomic E-state index is 0. The molecule has 0 saturated carbocycles. The zero-order valence-corrected chi connectivity index (χ0v) is 5.26. The van der Waals surface area contributed by atoms with E-state index in [1.807, 2.05) is 0 Å². The Balaban J connectivity index is 0.000001000. The van der Waals surface area contributed by atoms with Crippen LogP contribution in [0.3, 0.4) is 0 Å². The third kappa shape index (κ3) is 2.50. The molecule has 0 radical (unpaired) electrons. The summed E-state index contributed by atoms with van der Waals surface area (Å²) in [6.45, 7) is 0. The van der Waals surface area contributed by atoms with Crippen LogP contribution in [-0.4, -0.2) is 15.4 Å². The van der Waals surface area contributed by atoms with Crippen molar-refractivity contribution in [2.45, 2.75) is 6.18 Å². The fraction of sp³-hybridized carbons (Fsp3) is 0.200. The van der Waals surface area contributed by atoms with E-state index in [9.17, 15) is 13.2 Å². The Morgan fingerprint density at radius 3 is 2.09 bits per heavy atom. The van der Waals surface area contributed by atoms with Crippen LogP contribution < -0.4 is 0 Å². The largest absolute Gasteiger partial charge is 0.434 e. The Kier molecular flexibility index (Phi) is 2.94. The summed E-state index contributed by atoms with van der Waals surface area (Å²) in [5.41, 5.74) is -0.963. The first kappa shape index (κ1) is 9.83. The van der Waals surface area contributed by atoms with Gasteiger partial charge in [-0.15, -0.1) is 0 Å². The SMILES string of the molecule is FC(F)(F)c1cnccn1.O. The van der Waals surface area contributed by atoms with Crippen LogP contribution in [0.1, 0.15) is 5.69 Å². The molecular weight excluding hydrogens is 161 g/mol. The molecular formula is C5H5F3N2O. The molecule has 0 fully saturated rings. The summed E-state index contributed by atoms with van der Waals surface area (Å²) in [6, 6.07) is 0. The molecule has 0 amide bonds. The summed E-state index contributed by atoms with van der Waals surface area (Å²) in [7, 11) is 0. The highest BCUT2D eigenvalue weighted by molar-refractivity contribution is 4.98. The molecule has 0 saturated heterocycles. The lowest BCUT2D eigenvalue weighted by molar-refractivity contribution is -0.141. The predicted molar refractivity (Wildman–Crippen MR) is 30.6 cm³/mol. The van der Waals surface area contributed by atoms with Gasteiger partial charge in [-0.05, 0) is 0 Å². The van der Waals surface area contributed by atoms with Gasteiger partial charge in [-0.25, -0.2) is 4.98 Å². The lowest BCUT2D eigenvalue weighted by atomic mass is 10.4. The smallest absolute Gasteiger partial charge is 0.412 e. The Hall–Kier alpha value is -1.17. The molecule has 1 heterocycles. The van der Waals surface area contributed by atoms with Crippen molar-refractivity contribution in [1.29, 1.82) is 0 Å². The summed E-state index contributed by atoms with van der Waals surface area (Å²) in [4.78, 5) is 6.33. The van der Waals surface area contributed by atoms with Crippen LogP contribution in [0, 0.1) is 0 Å². The number of aromatic nitrogens is 2. The summed E-state index contributed by atoms with van der Waals surface area (Å²) < 4.78 is 35.1. The van der Waals surface area contributed by atoms with Crippen LogP contribution in [0.2, 0.25) is 0 Å². The van der Waals surface area contributed by atoms with Crippen molar-refractivity contribution in [2.24, 2.45) is 0 Å². The van der Waals surface area contributed by atoms with E-state index in [-0.39, 0.29) is 5.48 Å². The first-order chi connectivity index (χ1) is 4.61. The maximum Gasteiger partial charge on any atom is 0.434 e. The van der Waals surface area contributed by atoms with Crippen molar-refractivity contribution < 1.29 is 18.6 Å². The standard InChI is InChI=1S/C5H3F3N2.H2O/c6-5(7,8)4-3-9-1-2-10-4;/h1-3H;1H2. The van der Waals surface area contributed by atoms with E-state index in [4.69, 9.17) is 0 Å². The molecule has 1 aromatic heterocycles. The molecule has 0 aliphatic carbocycles. The van der Waals surface area contributed by atoms with Gasteiger partial charge in [0.15, 0.2) is 5.69 Å². The van der Waals surface area contributed by atoms with Gasteiger partial charge in [-0.3, -0.25) is 4.98 Å². The molecule has 1 aromatic rings. The molecule has 0 aromatic carbocycles. The summed E-state index contributed by atoms with van der Waals surface area (Å²) in [6.07, 6.45) is -1.51. The zero-order chi connectivity index (χ0) is 7.61. The highest BCUT2D eigenvalue weighted by Crippen LogP contribution is 2.25. The van der Waals surface area contributed by atoms with Gasteiger partial charge in [-0.1, -0.05) is 0 Å². The summed E-state index contributed by atoms with van der Waals surface area (Å²) >= 11 is 0. The number of nitrogens with zero attached hydrogens (tertiary/aromatic N) is 2. The highest BCUT2D eigenvalue weighted by atomic mass is 19.4. The van der Waals surface area contributed by atoms with E-state index in [0.717, 1.165) is 6.20 Å². The molecule has 11 heavy (non-hydrogen) atoms. The fourth-order valence-corrected chi connectivity index (χ4v) is 0.445. The fourth-order valence-electron chi connectivity index (χ4n) is 0.445. The molecule has 6 heteroatoms. The molecule has 2 N–H and O–H groups in total. The second-order valence-electron chi connectivity index (χ2n) is 1.59. The molecule has 62 valence electrons. The normalized spacial score (nSPS) is 10.5. The van der Waals surface area contributed by atoms with Gasteiger partial charge < -0.3 is 5.48 Å². The van der Waals surface area contributed by atoms with Crippen LogP contribution in [0.25, 0.3) is 0 Å². The Morgan fingerprint density at radius 2 is 1.82 bits per heavy atom. The Bertz CT molecular complexity index is 211. The Labute approximate surface area is 60.2 Å². The molecule has 0 bridgehead atoms. The summed E-state index contributed by atoms with van der Waals surface area (Å²) in [5, 5.41) is 0. The predicted octanol–water partition coefficient (Wildman–Crippen LogP) is 0.671. The molecule has 3 nitrogen and oxygen atoms in total. The van der Waals surface area contributed by atoms with E-state index in [1.54, 1.807) is 0 Å². The number of hydrogen-bond donors (Lipinski definition) is 0. The van der Waals surface area contributed by atoms with Gasteiger partial charge in [0.05, 0.1) is 6.20 Å². The zero-order valence-electron chi connectivity index (χ0n) is 5.26. The Morgan fingerprint density at radius 1 is 1.18 bits per heavy atom. The van der Waals surface area contributed by atoms with Crippen molar-refractivity contribution in [3.05, 3.63) is 24.3 Å². The second-order valence-corrected chi connectivity index (χ2v) is 1.59. The van der Waals surface area contributed by atoms with E-state index in [0.29, 0.717) is 6.20 Å². The lowest BCUT2D eigenvalue weighted by Gasteiger charge is -2.01. The highest BCUT2D eigenvalue weighted by Gasteiger charge is 2.32. The van der Waals surface area contributed by atoms with Crippen molar-refractivity contribution in [1.82, 2.24) is 9.97 Å². The summed E-state index contributed by atoms with van der Waals surface area (Å²) in [5.74, 6) is 0. The average Bonchev–Trinajstić information content (AvgIpc) is 1.88. The van der Waals surface area contributed by atoms with Gasteiger partial charge in [-0.2, -0.15) is 13.2 Å². The third-order valence-electron chi connectivity index (χ3n) is 0.854. The quantitative estimate of drug-likeness (QED) is 0.568. The van der Waals surface area contributed by atoms with Gasteiger partial charge >= 0.3 is 6.18 Å². The maximum atomic E-state index is 11.7. The van der Waals surface area contributed by atoms with Crippen LogP contribution >= 0.6 is 0 Å². The number of halogens is 3. The van der Waals surface area contributed by atoms with Crippen molar-refractivity contribution >= 4 is 0 Å². The lowest BCUT2D eigenvalue weighted by Crippen LogP contribution is -2.07. The van der Waals surface area contributed by atoms with Crippen molar-refractivity contribution in [2.75, 3.05) is 0 Å². The number of rotatable bonds is 0. The molecule has 1 rings (SSSR count). The monoisotopic (exact) mass is 166 g/mol. The van der Waals surface area contributed by atoms with Crippen LogP contribution in [0.15, 0.2) is 18.6 Å². The van der Waals surface area contributed by atoms with Crippen LogP contribution in [0.5, 0.6) is 0 Å². The average molecular weight is 166 g/mol. The molecule has 0 spiro atoms.